The number of nitrogens with one attached hydrogen (secondary N) is 1. The molecule has 1 N–H and O–H groups in total. The number of benzene rings is 2. The second-order valence-electron chi connectivity index (χ2n) is 5.51. The molecule has 0 aliphatic heterocycles. The van der Waals surface area contributed by atoms with E-state index >= 15 is 0 Å². The highest BCUT2D eigenvalue weighted by atomic mass is 16.5. The van der Waals surface area contributed by atoms with E-state index < -0.39 is 0 Å². The monoisotopic (exact) mass is 353 g/mol. The highest BCUT2D eigenvalue weighted by Crippen LogP contribution is 2.21. The van der Waals surface area contributed by atoms with Gasteiger partial charge in [0.1, 0.15) is 11.5 Å². The molecule has 1 amide bonds. The highest BCUT2D eigenvalue weighted by molar-refractivity contribution is 5.90. The molecule has 0 saturated heterocycles. The van der Waals surface area contributed by atoms with Gasteiger partial charge in [-0.05, 0) is 48.5 Å². The van der Waals surface area contributed by atoms with Crippen molar-refractivity contribution in [2.24, 2.45) is 0 Å². The van der Waals surface area contributed by atoms with Crippen molar-refractivity contribution in [3.8, 4) is 23.0 Å². The van der Waals surface area contributed by atoms with Crippen LogP contribution in [0.5, 0.6) is 11.5 Å². The van der Waals surface area contributed by atoms with Crippen LogP contribution in [0.1, 0.15) is 12.3 Å². The summed E-state index contributed by atoms with van der Waals surface area (Å²) in [5, 5.41) is 10.8. The molecular weight excluding hydrogens is 334 g/mol. The minimum Gasteiger partial charge on any atom is -0.497 e. The van der Waals surface area contributed by atoms with Crippen LogP contribution >= 0.6 is 0 Å². The second kappa shape index (κ2) is 8.15. The summed E-state index contributed by atoms with van der Waals surface area (Å²) >= 11 is 0. The summed E-state index contributed by atoms with van der Waals surface area (Å²) in [5.41, 5.74) is 1.51. The molecule has 3 rings (SSSR count). The molecule has 0 unspecified atom stereocenters. The normalized spacial score (nSPS) is 10.4. The lowest BCUT2D eigenvalue weighted by Crippen LogP contribution is -2.12. The summed E-state index contributed by atoms with van der Waals surface area (Å²) in [6.07, 6.45) is 0.613. The lowest BCUT2D eigenvalue weighted by molar-refractivity contribution is -0.116. The number of ether oxygens (including phenoxy) is 2. The predicted molar refractivity (Wildman–Crippen MR) is 96.2 cm³/mol. The number of amides is 1. The Morgan fingerprint density at radius 1 is 0.962 bits per heavy atom. The number of rotatable bonds is 7. The molecule has 3 aromatic rings. The molecule has 0 aliphatic carbocycles. The van der Waals surface area contributed by atoms with Crippen molar-refractivity contribution in [2.45, 2.75) is 12.8 Å². The predicted octanol–water partition coefficient (Wildman–Crippen LogP) is 3.33. The van der Waals surface area contributed by atoms with Crippen LogP contribution in [-0.4, -0.2) is 30.3 Å². The quantitative estimate of drug-likeness (QED) is 0.701. The van der Waals surface area contributed by atoms with Gasteiger partial charge in [0.15, 0.2) is 0 Å². The minimum absolute atomic E-state index is 0.126. The maximum Gasteiger partial charge on any atom is 0.247 e. The van der Waals surface area contributed by atoms with Gasteiger partial charge in [0.05, 0.1) is 14.2 Å². The molecule has 2 aromatic carbocycles. The van der Waals surface area contributed by atoms with Crippen molar-refractivity contribution >= 4 is 11.6 Å². The van der Waals surface area contributed by atoms with E-state index in [9.17, 15) is 4.79 Å². The molecule has 7 nitrogen and oxygen atoms in total. The number of aryl methyl sites for hydroxylation is 1. The summed E-state index contributed by atoms with van der Waals surface area (Å²) in [7, 11) is 3.20. The first kappa shape index (κ1) is 17.5. The van der Waals surface area contributed by atoms with E-state index in [2.05, 4.69) is 15.5 Å². The Morgan fingerprint density at radius 3 is 2.19 bits per heavy atom. The molecule has 0 fully saturated rings. The van der Waals surface area contributed by atoms with Crippen LogP contribution in [0.4, 0.5) is 5.69 Å². The van der Waals surface area contributed by atoms with Gasteiger partial charge in [-0.15, -0.1) is 10.2 Å². The van der Waals surface area contributed by atoms with Gasteiger partial charge < -0.3 is 19.2 Å². The Bertz CT molecular complexity index is 857. The largest absolute Gasteiger partial charge is 0.497 e. The Balaban J connectivity index is 1.54. The number of carbonyl (C=O) groups excluding carboxylic acids is 1. The van der Waals surface area contributed by atoms with Crippen molar-refractivity contribution in [1.82, 2.24) is 10.2 Å². The molecule has 1 aromatic heterocycles. The molecule has 0 radical (unpaired) electrons. The van der Waals surface area contributed by atoms with Crippen LogP contribution in [0.15, 0.2) is 52.9 Å². The van der Waals surface area contributed by atoms with Crippen LogP contribution in [0.2, 0.25) is 0 Å². The molecule has 1 heterocycles. The van der Waals surface area contributed by atoms with Gasteiger partial charge in [0.2, 0.25) is 17.7 Å². The fourth-order valence-electron chi connectivity index (χ4n) is 2.32. The van der Waals surface area contributed by atoms with Crippen molar-refractivity contribution in [1.29, 1.82) is 0 Å². The lowest BCUT2D eigenvalue weighted by atomic mass is 10.2. The first-order chi connectivity index (χ1) is 12.7. The van der Waals surface area contributed by atoms with Crippen LogP contribution < -0.4 is 14.8 Å². The summed E-state index contributed by atoms with van der Waals surface area (Å²) in [4.78, 5) is 12.0. The Morgan fingerprint density at radius 2 is 1.58 bits per heavy atom. The third kappa shape index (κ3) is 4.38. The highest BCUT2D eigenvalue weighted by Gasteiger charge is 2.11. The van der Waals surface area contributed by atoms with Gasteiger partial charge in [-0.25, -0.2) is 0 Å². The number of hydrogen-bond acceptors (Lipinski definition) is 6. The molecule has 0 atom stereocenters. The molecule has 0 aliphatic rings. The number of aromatic nitrogens is 2. The van der Waals surface area contributed by atoms with E-state index in [0.717, 1.165) is 17.1 Å². The first-order valence-corrected chi connectivity index (χ1v) is 8.08. The van der Waals surface area contributed by atoms with Crippen LogP contribution in [0.3, 0.4) is 0 Å². The van der Waals surface area contributed by atoms with Gasteiger partial charge in [-0.2, -0.15) is 0 Å². The zero-order valence-corrected chi connectivity index (χ0v) is 14.6. The molecule has 0 spiro atoms. The number of methoxy groups -OCH3 is 2. The van der Waals surface area contributed by atoms with Gasteiger partial charge in [0, 0.05) is 24.1 Å². The van der Waals surface area contributed by atoms with Crippen molar-refractivity contribution in [2.75, 3.05) is 19.5 Å². The smallest absolute Gasteiger partial charge is 0.247 e. The van der Waals surface area contributed by atoms with E-state index in [-0.39, 0.29) is 12.3 Å². The number of nitrogens with zero attached hydrogens (tertiary/aromatic N) is 2. The van der Waals surface area contributed by atoms with Gasteiger partial charge in [0.25, 0.3) is 0 Å². The third-order valence-corrected chi connectivity index (χ3v) is 3.74. The lowest BCUT2D eigenvalue weighted by Gasteiger charge is -2.05. The van der Waals surface area contributed by atoms with Crippen molar-refractivity contribution in [3.63, 3.8) is 0 Å². The van der Waals surface area contributed by atoms with Gasteiger partial charge in [-0.3, -0.25) is 4.79 Å². The van der Waals surface area contributed by atoms with Crippen molar-refractivity contribution < 1.29 is 18.7 Å². The van der Waals surface area contributed by atoms with E-state index in [1.807, 2.05) is 24.3 Å². The van der Waals surface area contributed by atoms with E-state index in [0.29, 0.717) is 23.9 Å². The maximum absolute atomic E-state index is 12.0. The summed E-state index contributed by atoms with van der Waals surface area (Å²) in [6, 6.07) is 14.5. The van der Waals surface area contributed by atoms with Crippen LogP contribution in [0.25, 0.3) is 11.5 Å². The Labute approximate surface area is 151 Å². The molecule has 26 heavy (non-hydrogen) atoms. The average Bonchev–Trinajstić information content (AvgIpc) is 3.16. The first-order valence-electron chi connectivity index (χ1n) is 8.08. The van der Waals surface area contributed by atoms with E-state index in [1.165, 1.54) is 0 Å². The zero-order chi connectivity index (χ0) is 18.4. The minimum atomic E-state index is -0.126. The maximum atomic E-state index is 12.0. The molecule has 0 bridgehead atoms. The van der Waals surface area contributed by atoms with Crippen LogP contribution in [-0.2, 0) is 11.2 Å². The van der Waals surface area contributed by atoms with Gasteiger partial charge in [-0.1, -0.05) is 0 Å². The standard InChI is InChI=1S/C19H19N3O4/c1-24-15-7-3-13(4-8-15)19-22-21-18(26-19)12-11-17(23)20-14-5-9-16(25-2)10-6-14/h3-10H,11-12H2,1-2H3,(H,20,23). The number of carbonyl (C=O) groups is 1. The zero-order valence-electron chi connectivity index (χ0n) is 14.6. The van der Waals surface area contributed by atoms with Crippen LogP contribution in [0, 0.1) is 0 Å². The topological polar surface area (TPSA) is 86.5 Å². The van der Waals surface area contributed by atoms with E-state index in [1.54, 1.807) is 38.5 Å². The molecule has 7 heteroatoms. The summed E-state index contributed by atoms with van der Waals surface area (Å²) < 4.78 is 15.8. The number of anilines is 1. The SMILES string of the molecule is COc1ccc(NC(=O)CCc2nnc(-c3ccc(OC)cc3)o2)cc1. The van der Waals surface area contributed by atoms with Gasteiger partial charge >= 0.3 is 0 Å². The second-order valence-corrected chi connectivity index (χ2v) is 5.51. The summed E-state index contributed by atoms with van der Waals surface area (Å²) in [5.74, 6) is 2.20. The molecule has 134 valence electrons. The number of hydrogen-bond donors (Lipinski definition) is 1. The average molecular weight is 353 g/mol. The molecular formula is C19H19N3O4. The fraction of sp³-hybridized carbons (Fsp3) is 0.211. The molecule has 0 saturated carbocycles. The van der Waals surface area contributed by atoms with E-state index in [4.69, 9.17) is 13.9 Å². The Kier molecular flexibility index (Phi) is 5.48. The van der Waals surface area contributed by atoms with Crippen molar-refractivity contribution in [3.05, 3.63) is 54.4 Å². The Hall–Kier alpha value is -3.35. The summed E-state index contributed by atoms with van der Waals surface area (Å²) in [6.45, 7) is 0. The third-order valence-electron chi connectivity index (χ3n) is 3.74. The fourth-order valence-corrected chi connectivity index (χ4v) is 2.32.